The number of nitrogens with two attached hydrogens (primary N) is 1. The number of nitrogens with zero attached hydrogens (tertiary/aromatic N) is 3. The standard InChI is InChI=1S/C27H28N4O2/c28-27(33)23-11-6-14-30(17-23)18-26(32)31-25(20-8-2-1-3-9-20)16-24(29-31)22-13-12-19-7-4-5-10-21(19)15-22/h1-5,7-10,12-13,15,23,25H,6,11,14,16-18H2,(H2,28,33)/t23-,25-/m1/s1. The van der Waals surface area contributed by atoms with E-state index in [2.05, 4.69) is 30.3 Å². The summed E-state index contributed by atoms with van der Waals surface area (Å²) >= 11 is 0. The summed E-state index contributed by atoms with van der Waals surface area (Å²) in [7, 11) is 0. The molecule has 0 aliphatic carbocycles. The predicted molar refractivity (Wildman–Crippen MR) is 129 cm³/mol. The zero-order valence-corrected chi connectivity index (χ0v) is 18.6. The van der Waals surface area contributed by atoms with E-state index in [1.807, 2.05) is 47.4 Å². The number of carbonyl (C=O) groups excluding carboxylic acids is 2. The van der Waals surface area contributed by atoms with Crippen molar-refractivity contribution < 1.29 is 9.59 Å². The molecule has 6 heteroatoms. The minimum absolute atomic E-state index is 0.0511. The Morgan fingerprint density at radius 1 is 0.970 bits per heavy atom. The van der Waals surface area contributed by atoms with Crippen molar-refractivity contribution in [2.75, 3.05) is 19.6 Å². The molecule has 6 nitrogen and oxygen atoms in total. The molecule has 2 amide bonds. The highest BCUT2D eigenvalue weighted by molar-refractivity contribution is 6.05. The lowest BCUT2D eigenvalue weighted by Gasteiger charge is -2.32. The molecule has 33 heavy (non-hydrogen) atoms. The van der Waals surface area contributed by atoms with Gasteiger partial charge in [-0.3, -0.25) is 14.5 Å². The van der Waals surface area contributed by atoms with E-state index < -0.39 is 0 Å². The molecule has 1 saturated heterocycles. The van der Waals surface area contributed by atoms with E-state index in [0.29, 0.717) is 13.0 Å². The Morgan fingerprint density at radius 3 is 2.52 bits per heavy atom. The average molecular weight is 441 g/mol. The van der Waals surface area contributed by atoms with Crippen molar-refractivity contribution in [1.82, 2.24) is 9.91 Å². The Labute approximate surface area is 193 Å². The first-order valence-corrected chi connectivity index (χ1v) is 11.5. The van der Waals surface area contributed by atoms with Gasteiger partial charge in [0.2, 0.25) is 5.91 Å². The van der Waals surface area contributed by atoms with Crippen LogP contribution in [0.4, 0.5) is 0 Å². The zero-order chi connectivity index (χ0) is 22.8. The number of carbonyl (C=O) groups is 2. The van der Waals surface area contributed by atoms with E-state index in [1.54, 1.807) is 5.01 Å². The van der Waals surface area contributed by atoms with Gasteiger partial charge in [-0.15, -0.1) is 0 Å². The van der Waals surface area contributed by atoms with Crippen LogP contribution in [0.1, 0.15) is 36.4 Å². The second kappa shape index (κ2) is 9.16. The van der Waals surface area contributed by atoms with Crippen LogP contribution in [-0.2, 0) is 9.59 Å². The lowest BCUT2D eigenvalue weighted by atomic mass is 9.96. The average Bonchev–Trinajstić information content (AvgIpc) is 3.30. The first-order valence-electron chi connectivity index (χ1n) is 11.5. The van der Waals surface area contributed by atoms with E-state index in [9.17, 15) is 9.59 Å². The fourth-order valence-corrected chi connectivity index (χ4v) is 4.91. The van der Waals surface area contributed by atoms with Crippen LogP contribution in [0.5, 0.6) is 0 Å². The van der Waals surface area contributed by atoms with Gasteiger partial charge in [0.05, 0.1) is 24.2 Å². The summed E-state index contributed by atoms with van der Waals surface area (Å²) < 4.78 is 0. The highest BCUT2D eigenvalue weighted by Crippen LogP contribution is 2.33. The topological polar surface area (TPSA) is 79.0 Å². The number of rotatable bonds is 5. The molecule has 1 fully saturated rings. The molecule has 0 radical (unpaired) electrons. The van der Waals surface area contributed by atoms with Crippen LogP contribution in [0, 0.1) is 5.92 Å². The molecular weight excluding hydrogens is 412 g/mol. The van der Waals surface area contributed by atoms with Gasteiger partial charge in [-0.25, -0.2) is 5.01 Å². The van der Waals surface area contributed by atoms with Crippen LogP contribution in [0.2, 0.25) is 0 Å². The third-order valence-corrected chi connectivity index (χ3v) is 6.70. The lowest BCUT2D eigenvalue weighted by molar-refractivity contribution is -0.135. The Bertz CT molecular complexity index is 1210. The van der Waals surface area contributed by atoms with Crippen molar-refractivity contribution in [2.24, 2.45) is 16.8 Å². The predicted octanol–water partition coefficient (Wildman–Crippen LogP) is 3.71. The van der Waals surface area contributed by atoms with Gasteiger partial charge in [-0.2, -0.15) is 5.10 Å². The van der Waals surface area contributed by atoms with Crippen molar-refractivity contribution >= 4 is 28.3 Å². The number of hydrogen-bond donors (Lipinski definition) is 1. The van der Waals surface area contributed by atoms with Gasteiger partial charge < -0.3 is 5.73 Å². The Morgan fingerprint density at radius 2 is 1.73 bits per heavy atom. The molecule has 0 spiro atoms. The largest absolute Gasteiger partial charge is 0.369 e. The maximum Gasteiger partial charge on any atom is 0.257 e. The van der Waals surface area contributed by atoms with Gasteiger partial charge in [0, 0.05) is 13.0 Å². The summed E-state index contributed by atoms with van der Waals surface area (Å²) in [4.78, 5) is 27.1. The molecule has 0 bridgehead atoms. The Balaban J connectivity index is 1.42. The van der Waals surface area contributed by atoms with Crippen molar-refractivity contribution in [3.8, 4) is 0 Å². The zero-order valence-electron chi connectivity index (χ0n) is 18.6. The normalized spacial score (nSPS) is 21.2. The molecule has 0 saturated carbocycles. The summed E-state index contributed by atoms with van der Waals surface area (Å²) in [6, 6.07) is 24.5. The maximum absolute atomic E-state index is 13.4. The molecule has 5 rings (SSSR count). The summed E-state index contributed by atoms with van der Waals surface area (Å²) in [5, 5.41) is 8.81. The first kappa shape index (κ1) is 21.3. The second-order valence-corrected chi connectivity index (χ2v) is 8.95. The highest BCUT2D eigenvalue weighted by atomic mass is 16.2. The van der Waals surface area contributed by atoms with E-state index in [1.165, 1.54) is 5.39 Å². The number of fused-ring (bicyclic) bond motifs is 1. The number of benzene rings is 3. The molecule has 2 heterocycles. The third-order valence-electron chi connectivity index (χ3n) is 6.70. The minimum atomic E-state index is -0.285. The summed E-state index contributed by atoms with van der Waals surface area (Å²) in [6.45, 7) is 1.56. The van der Waals surface area contributed by atoms with Crippen LogP contribution in [0.15, 0.2) is 77.9 Å². The summed E-state index contributed by atoms with van der Waals surface area (Å²) in [6.07, 6.45) is 2.33. The van der Waals surface area contributed by atoms with Crippen molar-refractivity contribution in [1.29, 1.82) is 0 Å². The Kier molecular flexibility index (Phi) is 5.92. The molecule has 168 valence electrons. The van der Waals surface area contributed by atoms with Gasteiger partial charge in [0.15, 0.2) is 0 Å². The van der Waals surface area contributed by atoms with E-state index in [-0.39, 0.29) is 30.3 Å². The quantitative estimate of drug-likeness (QED) is 0.657. The number of primary amides is 1. The van der Waals surface area contributed by atoms with E-state index >= 15 is 0 Å². The lowest BCUT2D eigenvalue weighted by Crippen LogP contribution is -2.45. The number of likely N-dealkylation sites (tertiary alicyclic amines) is 1. The molecular formula is C27H28N4O2. The number of amides is 2. The molecule has 2 atom stereocenters. The molecule has 3 aromatic rings. The number of hydrogen-bond acceptors (Lipinski definition) is 4. The summed E-state index contributed by atoms with van der Waals surface area (Å²) in [5.41, 5.74) is 8.54. The van der Waals surface area contributed by atoms with Gasteiger partial charge in [-0.1, -0.05) is 66.7 Å². The summed E-state index contributed by atoms with van der Waals surface area (Å²) in [5.74, 6) is -0.524. The van der Waals surface area contributed by atoms with Crippen LogP contribution < -0.4 is 5.73 Å². The fraction of sp³-hybridized carbons (Fsp3) is 0.296. The first-order chi connectivity index (χ1) is 16.1. The van der Waals surface area contributed by atoms with Gasteiger partial charge in [-0.05, 0) is 47.4 Å². The molecule has 3 aromatic carbocycles. The molecule has 2 aliphatic heterocycles. The molecule has 0 unspecified atom stereocenters. The van der Waals surface area contributed by atoms with E-state index in [4.69, 9.17) is 10.8 Å². The second-order valence-electron chi connectivity index (χ2n) is 8.95. The van der Waals surface area contributed by atoms with Crippen molar-refractivity contribution in [2.45, 2.75) is 25.3 Å². The number of piperidine rings is 1. The minimum Gasteiger partial charge on any atom is -0.369 e. The molecule has 2 aliphatic rings. The van der Waals surface area contributed by atoms with E-state index in [0.717, 1.165) is 41.6 Å². The SMILES string of the molecule is NC(=O)[C@@H]1CCCN(CC(=O)N2N=C(c3ccc4ccccc4c3)C[C@@H]2c2ccccc2)C1. The molecule has 2 N–H and O–H groups in total. The maximum atomic E-state index is 13.4. The third kappa shape index (κ3) is 4.52. The smallest absolute Gasteiger partial charge is 0.257 e. The number of hydrazone groups is 1. The van der Waals surface area contributed by atoms with Crippen LogP contribution in [-0.4, -0.2) is 47.1 Å². The van der Waals surface area contributed by atoms with Crippen molar-refractivity contribution in [3.63, 3.8) is 0 Å². The van der Waals surface area contributed by atoms with Crippen LogP contribution in [0.25, 0.3) is 10.8 Å². The Hall–Kier alpha value is -3.51. The molecule has 0 aromatic heterocycles. The monoisotopic (exact) mass is 440 g/mol. The fourth-order valence-electron chi connectivity index (χ4n) is 4.91. The van der Waals surface area contributed by atoms with Gasteiger partial charge in [0.25, 0.3) is 5.91 Å². The van der Waals surface area contributed by atoms with Gasteiger partial charge >= 0.3 is 0 Å². The highest BCUT2D eigenvalue weighted by Gasteiger charge is 2.34. The van der Waals surface area contributed by atoms with Crippen molar-refractivity contribution in [3.05, 3.63) is 83.9 Å². The van der Waals surface area contributed by atoms with Gasteiger partial charge in [0.1, 0.15) is 0 Å². The van der Waals surface area contributed by atoms with Crippen LogP contribution in [0.3, 0.4) is 0 Å². The van der Waals surface area contributed by atoms with Crippen LogP contribution >= 0.6 is 0 Å².